The Balaban J connectivity index is 2.37. The Bertz CT molecular complexity index is 453. The molecule has 1 aromatic carbocycles. The molecule has 0 unspecified atom stereocenters. The largest absolute Gasteiger partial charge is 0.493 e. The third kappa shape index (κ3) is 2.81. The molecule has 0 atom stereocenters. The number of rotatable bonds is 5. The Kier molecular flexibility index (Phi) is 4.54. The predicted octanol–water partition coefficient (Wildman–Crippen LogP) is 2.55. The third-order valence-corrected chi connectivity index (χ3v) is 4.68. The van der Waals surface area contributed by atoms with E-state index in [0.717, 1.165) is 22.2 Å². The molecule has 0 amide bonds. The maximum absolute atomic E-state index is 9.71. The normalized spacial score (nSPS) is 14.6. The third-order valence-electron chi connectivity index (χ3n) is 4.22. The van der Waals surface area contributed by atoms with Gasteiger partial charge >= 0.3 is 0 Å². The molecule has 0 saturated carbocycles. The molecule has 2 rings (SSSR count). The van der Waals surface area contributed by atoms with E-state index < -0.39 is 5.41 Å². The van der Waals surface area contributed by atoms with Gasteiger partial charge in [0.15, 0.2) is 0 Å². The molecular formula is C15H21BrO3. The fourth-order valence-corrected chi connectivity index (χ4v) is 3.14. The molecule has 0 bridgehead atoms. The maximum atomic E-state index is 9.71. The lowest BCUT2D eigenvalue weighted by atomic mass is 9.73. The minimum atomic E-state index is -0.499. The monoisotopic (exact) mass is 328 g/mol. The van der Waals surface area contributed by atoms with Gasteiger partial charge in [-0.25, -0.2) is 0 Å². The van der Waals surface area contributed by atoms with Crippen molar-refractivity contribution in [2.45, 2.75) is 26.7 Å². The summed E-state index contributed by atoms with van der Waals surface area (Å²) in [5.41, 5.74) is 1.78. The summed E-state index contributed by atoms with van der Waals surface area (Å²) in [6.07, 6.45) is 1.55. The van der Waals surface area contributed by atoms with Gasteiger partial charge in [-0.3, -0.25) is 0 Å². The molecule has 1 aliphatic heterocycles. The molecule has 0 aromatic heterocycles. The van der Waals surface area contributed by atoms with Gasteiger partial charge in [0.05, 0.1) is 19.8 Å². The molecule has 1 heterocycles. The summed E-state index contributed by atoms with van der Waals surface area (Å²) in [4.78, 5) is 0. The summed E-state index contributed by atoms with van der Waals surface area (Å²) in [5, 5.41) is 19.4. The Labute approximate surface area is 122 Å². The van der Waals surface area contributed by atoms with E-state index in [1.54, 1.807) is 0 Å². The minimum absolute atomic E-state index is 0.0253. The van der Waals surface area contributed by atoms with Crippen molar-refractivity contribution in [1.82, 2.24) is 0 Å². The fraction of sp³-hybridized carbons (Fsp3) is 0.600. The van der Waals surface area contributed by atoms with Crippen LogP contribution in [-0.4, -0.2) is 30.0 Å². The highest BCUT2D eigenvalue weighted by atomic mass is 79.9. The van der Waals surface area contributed by atoms with E-state index in [1.165, 1.54) is 5.56 Å². The van der Waals surface area contributed by atoms with Crippen LogP contribution in [0, 0.1) is 11.3 Å². The first-order valence-electron chi connectivity index (χ1n) is 6.68. The average molecular weight is 329 g/mol. The highest BCUT2D eigenvalue weighted by Gasteiger charge is 2.34. The van der Waals surface area contributed by atoms with Crippen molar-refractivity contribution in [3.63, 3.8) is 0 Å². The number of halogens is 1. The molecule has 0 fully saturated rings. The molecule has 1 aromatic rings. The van der Waals surface area contributed by atoms with Gasteiger partial charge in [0, 0.05) is 16.3 Å². The molecule has 0 aliphatic carbocycles. The van der Waals surface area contributed by atoms with Crippen LogP contribution < -0.4 is 4.74 Å². The minimum Gasteiger partial charge on any atom is -0.493 e. The van der Waals surface area contributed by atoms with Gasteiger partial charge in [-0.2, -0.15) is 0 Å². The van der Waals surface area contributed by atoms with Gasteiger partial charge in [0.1, 0.15) is 5.75 Å². The Hall–Kier alpha value is -0.580. The molecule has 0 saturated heterocycles. The van der Waals surface area contributed by atoms with Gasteiger partial charge < -0.3 is 14.9 Å². The number of aliphatic hydroxyl groups is 2. The first-order valence-corrected chi connectivity index (χ1v) is 7.47. The van der Waals surface area contributed by atoms with Crippen LogP contribution in [0.3, 0.4) is 0 Å². The summed E-state index contributed by atoms with van der Waals surface area (Å²) in [7, 11) is 0. The topological polar surface area (TPSA) is 49.7 Å². The quantitative estimate of drug-likeness (QED) is 0.873. The maximum Gasteiger partial charge on any atom is 0.125 e. The van der Waals surface area contributed by atoms with Crippen molar-refractivity contribution in [2.24, 2.45) is 11.3 Å². The summed E-state index contributed by atoms with van der Waals surface area (Å²) in [6, 6.07) is 4.12. The summed E-state index contributed by atoms with van der Waals surface area (Å²) in [6.45, 7) is 4.73. The van der Waals surface area contributed by atoms with E-state index in [2.05, 4.69) is 22.0 Å². The van der Waals surface area contributed by atoms with Crippen molar-refractivity contribution in [1.29, 1.82) is 0 Å². The van der Waals surface area contributed by atoms with Crippen LogP contribution in [0.4, 0.5) is 0 Å². The van der Waals surface area contributed by atoms with Crippen molar-refractivity contribution >= 4 is 15.9 Å². The average Bonchev–Trinajstić information content (AvgIpc) is 2.83. The van der Waals surface area contributed by atoms with Gasteiger partial charge in [-0.15, -0.1) is 0 Å². The Morgan fingerprint density at radius 1 is 1.32 bits per heavy atom. The zero-order valence-corrected chi connectivity index (χ0v) is 13.0. The van der Waals surface area contributed by atoms with Crippen molar-refractivity contribution < 1.29 is 14.9 Å². The molecule has 106 valence electrons. The lowest BCUT2D eigenvalue weighted by molar-refractivity contribution is 0.0159. The molecule has 1 aliphatic rings. The zero-order valence-electron chi connectivity index (χ0n) is 11.4. The number of aliphatic hydroxyl groups excluding tert-OH is 2. The lowest BCUT2D eigenvalue weighted by Gasteiger charge is -2.34. The first-order chi connectivity index (χ1) is 9.02. The summed E-state index contributed by atoms with van der Waals surface area (Å²) in [5.74, 6) is 1.13. The van der Waals surface area contributed by atoms with Gasteiger partial charge in [0.25, 0.3) is 0 Å². The van der Waals surface area contributed by atoms with E-state index in [4.69, 9.17) is 4.74 Å². The molecule has 0 radical (unpaired) electrons. The lowest BCUT2D eigenvalue weighted by Crippen LogP contribution is -2.37. The first kappa shape index (κ1) is 14.8. The fourth-order valence-electron chi connectivity index (χ4n) is 2.59. The van der Waals surface area contributed by atoms with Crippen molar-refractivity contribution in [2.75, 3.05) is 19.8 Å². The zero-order chi connectivity index (χ0) is 14.0. The summed E-state index contributed by atoms with van der Waals surface area (Å²) < 4.78 is 6.74. The molecule has 4 heteroatoms. The Morgan fingerprint density at radius 2 is 2.00 bits per heavy atom. The van der Waals surface area contributed by atoms with Crippen LogP contribution in [0.15, 0.2) is 16.6 Å². The van der Waals surface area contributed by atoms with Gasteiger partial charge in [-0.1, -0.05) is 29.8 Å². The highest BCUT2D eigenvalue weighted by molar-refractivity contribution is 9.10. The SMILES string of the molecule is CC(C)C(CO)(CO)Cc1cc(Br)cc2c1OCC2. The number of hydrogen-bond donors (Lipinski definition) is 2. The van der Waals surface area contributed by atoms with E-state index >= 15 is 0 Å². The number of benzene rings is 1. The second kappa shape index (κ2) is 5.81. The molecular weight excluding hydrogens is 308 g/mol. The molecule has 0 spiro atoms. The van der Waals surface area contributed by atoms with E-state index in [9.17, 15) is 10.2 Å². The van der Waals surface area contributed by atoms with E-state index in [0.29, 0.717) is 13.0 Å². The van der Waals surface area contributed by atoms with Crippen molar-refractivity contribution in [3.8, 4) is 5.75 Å². The second-order valence-electron chi connectivity index (χ2n) is 5.66. The van der Waals surface area contributed by atoms with Gasteiger partial charge in [-0.05, 0) is 35.6 Å². The molecule has 2 N–H and O–H groups in total. The second-order valence-corrected chi connectivity index (χ2v) is 6.58. The molecule has 3 nitrogen and oxygen atoms in total. The predicted molar refractivity (Wildman–Crippen MR) is 78.5 cm³/mol. The van der Waals surface area contributed by atoms with Gasteiger partial charge in [0.2, 0.25) is 0 Å². The summed E-state index contributed by atoms with van der Waals surface area (Å²) >= 11 is 3.52. The van der Waals surface area contributed by atoms with Crippen LogP contribution in [0.2, 0.25) is 0 Å². The standard InChI is InChI=1S/C15H21BrO3/c1-10(2)15(8-17,9-18)7-12-6-13(16)5-11-3-4-19-14(11)12/h5-6,10,17-18H,3-4,7-9H2,1-2H3. The number of ether oxygens (including phenoxy) is 1. The van der Waals surface area contributed by atoms with E-state index in [1.807, 2.05) is 19.9 Å². The van der Waals surface area contributed by atoms with Crippen LogP contribution in [0.25, 0.3) is 0 Å². The number of fused-ring (bicyclic) bond motifs is 1. The Morgan fingerprint density at radius 3 is 2.58 bits per heavy atom. The number of hydrogen-bond acceptors (Lipinski definition) is 3. The molecule has 19 heavy (non-hydrogen) atoms. The highest BCUT2D eigenvalue weighted by Crippen LogP contribution is 2.39. The van der Waals surface area contributed by atoms with Crippen LogP contribution in [0.1, 0.15) is 25.0 Å². The van der Waals surface area contributed by atoms with Crippen LogP contribution >= 0.6 is 15.9 Å². The van der Waals surface area contributed by atoms with Crippen molar-refractivity contribution in [3.05, 3.63) is 27.7 Å². The van der Waals surface area contributed by atoms with E-state index in [-0.39, 0.29) is 19.1 Å². The van der Waals surface area contributed by atoms with Crippen LogP contribution in [-0.2, 0) is 12.8 Å². The van der Waals surface area contributed by atoms with Crippen LogP contribution in [0.5, 0.6) is 5.75 Å². The smallest absolute Gasteiger partial charge is 0.125 e.